The van der Waals surface area contributed by atoms with Gasteiger partial charge in [-0.05, 0) is 23.8 Å². The Labute approximate surface area is 121 Å². The summed E-state index contributed by atoms with van der Waals surface area (Å²) < 4.78 is 10.6. The molecule has 0 fully saturated rings. The highest BCUT2D eigenvalue weighted by molar-refractivity contribution is 6.31. The molecule has 2 aromatic rings. The van der Waals surface area contributed by atoms with E-state index in [1.54, 1.807) is 24.3 Å². The first kappa shape index (κ1) is 12.8. The van der Waals surface area contributed by atoms with Crippen LogP contribution in [0.3, 0.4) is 0 Å². The number of benzene rings is 2. The van der Waals surface area contributed by atoms with Gasteiger partial charge in [0.1, 0.15) is 0 Å². The first-order valence-electron chi connectivity index (χ1n) is 6.16. The summed E-state index contributed by atoms with van der Waals surface area (Å²) in [6.45, 7) is 0.507. The highest BCUT2D eigenvalue weighted by Crippen LogP contribution is 2.35. The van der Waals surface area contributed by atoms with E-state index in [1.165, 1.54) is 0 Å². The topological polar surface area (TPSA) is 47.6 Å². The second-order valence-electron chi connectivity index (χ2n) is 4.31. The lowest BCUT2D eigenvalue weighted by Gasteiger charge is -2.08. The lowest BCUT2D eigenvalue weighted by Crippen LogP contribution is -2.23. The summed E-state index contributed by atoms with van der Waals surface area (Å²) in [6.07, 6.45) is 0. The van der Waals surface area contributed by atoms with Gasteiger partial charge in [-0.25, -0.2) is 0 Å². The van der Waals surface area contributed by atoms with E-state index in [2.05, 4.69) is 5.32 Å². The molecule has 1 heterocycles. The molecule has 0 spiro atoms. The van der Waals surface area contributed by atoms with Crippen LogP contribution in [0.4, 0.5) is 0 Å². The zero-order valence-corrected chi connectivity index (χ0v) is 11.3. The van der Waals surface area contributed by atoms with Crippen LogP contribution in [-0.4, -0.2) is 12.7 Å². The number of fused-ring (bicyclic) bond motifs is 1. The number of para-hydroxylation sites is 1. The zero-order chi connectivity index (χ0) is 13.9. The van der Waals surface area contributed by atoms with Crippen LogP contribution in [0, 0.1) is 0 Å². The van der Waals surface area contributed by atoms with Crippen LogP contribution in [0.2, 0.25) is 5.02 Å². The van der Waals surface area contributed by atoms with Crippen LogP contribution >= 0.6 is 11.6 Å². The van der Waals surface area contributed by atoms with Gasteiger partial charge in [-0.15, -0.1) is 0 Å². The van der Waals surface area contributed by atoms with E-state index in [9.17, 15) is 4.79 Å². The lowest BCUT2D eigenvalue weighted by molar-refractivity contribution is 0.0946. The highest BCUT2D eigenvalue weighted by Gasteiger charge is 2.21. The van der Waals surface area contributed by atoms with E-state index in [4.69, 9.17) is 21.1 Å². The molecule has 1 amide bonds. The van der Waals surface area contributed by atoms with Crippen LogP contribution in [0.1, 0.15) is 15.9 Å². The Hall–Kier alpha value is -2.20. The smallest absolute Gasteiger partial charge is 0.255 e. The number of hydrogen-bond donors (Lipinski definition) is 1. The fourth-order valence-corrected chi connectivity index (χ4v) is 2.22. The molecule has 5 heteroatoms. The Morgan fingerprint density at radius 3 is 2.85 bits per heavy atom. The molecule has 0 atom stereocenters. The van der Waals surface area contributed by atoms with Gasteiger partial charge in [0.05, 0.1) is 5.56 Å². The van der Waals surface area contributed by atoms with Crippen molar-refractivity contribution in [2.75, 3.05) is 6.79 Å². The molecule has 0 aliphatic carbocycles. The predicted molar refractivity (Wildman–Crippen MR) is 75.2 cm³/mol. The highest BCUT2D eigenvalue weighted by atomic mass is 35.5. The van der Waals surface area contributed by atoms with Crippen molar-refractivity contribution in [3.8, 4) is 11.5 Å². The third kappa shape index (κ3) is 2.42. The van der Waals surface area contributed by atoms with Gasteiger partial charge in [0.15, 0.2) is 11.5 Å². The summed E-state index contributed by atoms with van der Waals surface area (Å²) in [6, 6.07) is 12.6. The quantitative estimate of drug-likeness (QED) is 0.945. The van der Waals surface area contributed by atoms with Gasteiger partial charge in [-0.1, -0.05) is 35.9 Å². The maximum absolute atomic E-state index is 12.2. The summed E-state index contributed by atoms with van der Waals surface area (Å²) in [5, 5.41) is 3.46. The average Bonchev–Trinajstić information content (AvgIpc) is 2.94. The summed E-state index contributed by atoms with van der Waals surface area (Å²) in [5.41, 5.74) is 1.33. The largest absolute Gasteiger partial charge is 0.454 e. The van der Waals surface area contributed by atoms with Crippen molar-refractivity contribution < 1.29 is 14.3 Å². The molecular formula is C15H12ClNO3. The van der Waals surface area contributed by atoms with Gasteiger partial charge in [0, 0.05) is 11.6 Å². The Morgan fingerprint density at radius 1 is 1.15 bits per heavy atom. The normalized spacial score (nSPS) is 12.2. The second kappa shape index (κ2) is 5.43. The van der Waals surface area contributed by atoms with Gasteiger partial charge in [0.25, 0.3) is 5.91 Å². The number of nitrogens with one attached hydrogen (secondary N) is 1. The average molecular weight is 290 g/mol. The molecule has 0 unspecified atom stereocenters. The van der Waals surface area contributed by atoms with Crippen molar-refractivity contribution in [1.29, 1.82) is 0 Å². The van der Waals surface area contributed by atoms with Gasteiger partial charge >= 0.3 is 0 Å². The lowest BCUT2D eigenvalue weighted by atomic mass is 10.1. The molecule has 0 saturated heterocycles. The maximum atomic E-state index is 12.2. The monoisotopic (exact) mass is 289 g/mol. The predicted octanol–water partition coefficient (Wildman–Crippen LogP) is 3.00. The van der Waals surface area contributed by atoms with Crippen molar-refractivity contribution in [3.63, 3.8) is 0 Å². The molecule has 1 aliphatic heterocycles. The number of ether oxygens (including phenoxy) is 2. The molecule has 1 N–H and O–H groups in total. The van der Waals surface area contributed by atoms with Crippen LogP contribution in [0.25, 0.3) is 0 Å². The second-order valence-corrected chi connectivity index (χ2v) is 4.72. The third-order valence-corrected chi connectivity index (χ3v) is 3.41. The molecule has 1 aliphatic rings. The maximum Gasteiger partial charge on any atom is 0.255 e. The van der Waals surface area contributed by atoms with E-state index in [0.29, 0.717) is 28.6 Å². The van der Waals surface area contributed by atoms with E-state index >= 15 is 0 Å². The fraction of sp³-hybridized carbons (Fsp3) is 0.133. The van der Waals surface area contributed by atoms with Gasteiger partial charge < -0.3 is 14.8 Å². The zero-order valence-electron chi connectivity index (χ0n) is 10.6. The molecule has 0 saturated carbocycles. The number of carbonyl (C=O) groups excluding carboxylic acids is 1. The van der Waals surface area contributed by atoms with Crippen molar-refractivity contribution in [2.45, 2.75) is 6.54 Å². The molecule has 20 heavy (non-hydrogen) atoms. The SMILES string of the molecule is O=C(NCc1ccccc1Cl)c1cccc2c1OCO2. The van der Waals surface area contributed by atoms with Crippen LogP contribution < -0.4 is 14.8 Å². The van der Waals surface area contributed by atoms with Gasteiger partial charge in [0.2, 0.25) is 6.79 Å². The number of rotatable bonds is 3. The number of halogens is 1. The van der Waals surface area contributed by atoms with Crippen molar-refractivity contribution >= 4 is 17.5 Å². The minimum Gasteiger partial charge on any atom is -0.454 e. The summed E-state index contributed by atoms with van der Waals surface area (Å²) in [7, 11) is 0. The molecule has 0 radical (unpaired) electrons. The first-order valence-corrected chi connectivity index (χ1v) is 6.54. The van der Waals surface area contributed by atoms with E-state index in [0.717, 1.165) is 5.56 Å². The van der Waals surface area contributed by atoms with E-state index in [1.807, 2.05) is 18.2 Å². The van der Waals surface area contributed by atoms with Crippen LogP contribution in [0.15, 0.2) is 42.5 Å². The van der Waals surface area contributed by atoms with E-state index in [-0.39, 0.29) is 12.7 Å². The van der Waals surface area contributed by atoms with Crippen LogP contribution in [-0.2, 0) is 6.54 Å². The summed E-state index contributed by atoms with van der Waals surface area (Å²) in [5.74, 6) is 0.867. The first-order chi connectivity index (χ1) is 9.75. The summed E-state index contributed by atoms with van der Waals surface area (Å²) >= 11 is 6.05. The van der Waals surface area contributed by atoms with Crippen molar-refractivity contribution in [1.82, 2.24) is 5.32 Å². The van der Waals surface area contributed by atoms with Crippen molar-refractivity contribution in [3.05, 3.63) is 58.6 Å². The van der Waals surface area contributed by atoms with Gasteiger partial charge in [-0.3, -0.25) is 4.79 Å². The Balaban J connectivity index is 1.75. The number of hydrogen-bond acceptors (Lipinski definition) is 3. The fourth-order valence-electron chi connectivity index (χ4n) is 2.02. The van der Waals surface area contributed by atoms with Crippen LogP contribution in [0.5, 0.6) is 11.5 Å². The Morgan fingerprint density at radius 2 is 2.00 bits per heavy atom. The Kier molecular flexibility index (Phi) is 3.48. The molecule has 2 aromatic carbocycles. The summed E-state index contributed by atoms with van der Waals surface area (Å²) in [4.78, 5) is 12.2. The van der Waals surface area contributed by atoms with E-state index < -0.39 is 0 Å². The minimum atomic E-state index is -0.215. The minimum absolute atomic E-state index is 0.143. The Bertz CT molecular complexity index is 657. The number of amides is 1. The van der Waals surface area contributed by atoms with Gasteiger partial charge in [-0.2, -0.15) is 0 Å². The standard InChI is InChI=1S/C15H12ClNO3/c16-12-6-2-1-4-10(12)8-17-15(18)11-5-3-7-13-14(11)20-9-19-13/h1-7H,8-9H2,(H,17,18). The molecule has 0 aromatic heterocycles. The molecule has 0 bridgehead atoms. The molecular weight excluding hydrogens is 278 g/mol. The molecule has 3 rings (SSSR count). The number of carbonyl (C=O) groups is 1. The van der Waals surface area contributed by atoms with Crippen molar-refractivity contribution in [2.24, 2.45) is 0 Å². The molecule has 4 nitrogen and oxygen atoms in total. The third-order valence-electron chi connectivity index (χ3n) is 3.04. The molecule has 102 valence electrons.